The smallest absolute Gasteiger partial charge is 0.305 e. The third-order valence-electron chi connectivity index (χ3n) is 5.67. The molecule has 4 aromatic rings. The summed E-state index contributed by atoms with van der Waals surface area (Å²) < 4.78 is 35.5. The van der Waals surface area contributed by atoms with Crippen molar-refractivity contribution < 1.29 is 23.1 Å². The van der Waals surface area contributed by atoms with Gasteiger partial charge in [-0.1, -0.05) is 17.7 Å². The minimum absolute atomic E-state index is 0.00334. The van der Waals surface area contributed by atoms with Crippen LogP contribution in [0.25, 0.3) is 10.9 Å². The first kappa shape index (κ1) is 25.7. The van der Waals surface area contributed by atoms with E-state index in [2.05, 4.69) is 9.71 Å². The van der Waals surface area contributed by atoms with E-state index in [0.29, 0.717) is 36.8 Å². The van der Waals surface area contributed by atoms with Crippen LogP contribution in [0.3, 0.4) is 0 Å². The molecule has 0 saturated carbocycles. The molecule has 4 rings (SSSR count). The molecular weight excluding hydrogens is 502 g/mol. The summed E-state index contributed by atoms with van der Waals surface area (Å²) >= 11 is 5.85. The first-order valence-electron chi connectivity index (χ1n) is 11.4. The van der Waals surface area contributed by atoms with Crippen molar-refractivity contribution in [3.8, 4) is 5.75 Å². The molecule has 36 heavy (non-hydrogen) atoms. The van der Waals surface area contributed by atoms with E-state index in [9.17, 15) is 13.2 Å². The molecule has 10 heteroatoms. The van der Waals surface area contributed by atoms with Gasteiger partial charge in [0, 0.05) is 53.2 Å². The normalized spacial score (nSPS) is 11.6. The molecule has 2 aromatic heterocycles. The Morgan fingerprint density at radius 1 is 1.14 bits per heavy atom. The van der Waals surface area contributed by atoms with Crippen LogP contribution < -0.4 is 9.46 Å². The van der Waals surface area contributed by atoms with Crippen molar-refractivity contribution in [3.05, 3.63) is 89.3 Å². The number of benzene rings is 2. The number of pyridine rings is 1. The highest BCUT2D eigenvalue weighted by atomic mass is 35.5. The number of carbonyl (C=O) groups is 1. The van der Waals surface area contributed by atoms with Gasteiger partial charge in [-0.05, 0) is 66.9 Å². The van der Waals surface area contributed by atoms with Gasteiger partial charge in [-0.15, -0.1) is 0 Å². The minimum Gasteiger partial charge on any atom is -0.489 e. The molecule has 2 aromatic carbocycles. The van der Waals surface area contributed by atoms with Gasteiger partial charge in [0.1, 0.15) is 12.4 Å². The van der Waals surface area contributed by atoms with E-state index in [1.807, 2.05) is 41.1 Å². The quantitative estimate of drug-likeness (QED) is 0.259. The molecule has 0 spiro atoms. The predicted octanol–water partition coefficient (Wildman–Crippen LogP) is 4.65. The number of carboxylic acid groups (broad SMARTS) is 1. The monoisotopic (exact) mass is 527 g/mol. The molecule has 0 atom stereocenters. The molecule has 8 nitrogen and oxygen atoms in total. The van der Waals surface area contributed by atoms with Gasteiger partial charge in [-0.3, -0.25) is 9.78 Å². The Labute approximate surface area is 214 Å². The number of nitrogens with zero attached hydrogens (tertiary/aromatic N) is 2. The summed E-state index contributed by atoms with van der Waals surface area (Å²) in [4.78, 5) is 15.4. The molecule has 2 heterocycles. The molecule has 0 unspecified atom stereocenters. The van der Waals surface area contributed by atoms with Crippen molar-refractivity contribution in [2.24, 2.45) is 0 Å². The summed E-state index contributed by atoms with van der Waals surface area (Å²) in [6, 6.07) is 15.5. The van der Waals surface area contributed by atoms with Crippen LogP contribution in [0, 0.1) is 0 Å². The second-order valence-electron chi connectivity index (χ2n) is 8.28. The average Bonchev–Trinajstić information content (AvgIpc) is 3.22. The average molecular weight is 528 g/mol. The Hall–Kier alpha value is -3.40. The second-order valence-corrected chi connectivity index (χ2v) is 10.5. The number of aliphatic carboxylic acids is 1. The number of hydrogen-bond donors (Lipinski definition) is 2. The number of carboxylic acids is 1. The zero-order valence-corrected chi connectivity index (χ0v) is 21.0. The fraction of sp³-hybridized carbons (Fsp3) is 0.231. The Bertz CT molecular complexity index is 1440. The first-order valence-corrected chi connectivity index (χ1v) is 13.3. The highest BCUT2D eigenvalue weighted by Gasteiger charge is 2.15. The standard InChI is InChI=1S/C26H26ClN3O5S/c27-21-5-8-23(9-6-21)36(33,34)29-13-2-4-20-17-30(14-11-26(31)32)25-10-7-22(15-24(20)25)35-18-19-3-1-12-28-16-19/h1,3,5-10,12,15-17,29H,2,4,11,13-14,18H2,(H,31,32). The van der Waals surface area contributed by atoms with Crippen LogP contribution in [0.5, 0.6) is 5.75 Å². The molecule has 0 saturated heterocycles. The van der Waals surface area contributed by atoms with Gasteiger partial charge >= 0.3 is 5.97 Å². The maximum absolute atomic E-state index is 12.5. The van der Waals surface area contributed by atoms with Gasteiger partial charge in [0.15, 0.2) is 0 Å². The summed E-state index contributed by atoms with van der Waals surface area (Å²) in [7, 11) is -3.63. The third-order valence-corrected chi connectivity index (χ3v) is 7.40. The largest absolute Gasteiger partial charge is 0.489 e. The highest BCUT2D eigenvalue weighted by Crippen LogP contribution is 2.28. The molecular formula is C26H26ClN3O5S. The van der Waals surface area contributed by atoms with E-state index < -0.39 is 16.0 Å². The molecule has 0 fully saturated rings. The van der Waals surface area contributed by atoms with E-state index >= 15 is 0 Å². The SMILES string of the molecule is O=C(O)CCn1cc(CCCNS(=O)(=O)c2ccc(Cl)cc2)c2cc(OCc3cccnc3)ccc21. The number of aryl methyl sites for hydroxylation is 2. The van der Waals surface area contributed by atoms with E-state index in [4.69, 9.17) is 21.4 Å². The zero-order valence-electron chi connectivity index (χ0n) is 19.4. The van der Waals surface area contributed by atoms with E-state index in [-0.39, 0.29) is 17.9 Å². The summed E-state index contributed by atoms with van der Waals surface area (Å²) in [5, 5.41) is 10.5. The highest BCUT2D eigenvalue weighted by molar-refractivity contribution is 7.89. The van der Waals surface area contributed by atoms with Gasteiger partial charge in [0.05, 0.1) is 11.3 Å². The number of rotatable bonds is 12. The molecule has 188 valence electrons. The number of sulfonamides is 1. The number of nitrogens with one attached hydrogen (secondary N) is 1. The molecule has 0 aliphatic carbocycles. The maximum atomic E-state index is 12.5. The van der Waals surface area contributed by atoms with Crippen LogP contribution >= 0.6 is 11.6 Å². The number of ether oxygens (including phenoxy) is 1. The van der Waals surface area contributed by atoms with Crippen molar-refractivity contribution >= 4 is 38.5 Å². The van der Waals surface area contributed by atoms with Crippen molar-refractivity contribution in [1.29, 1.82) is 0 Å². The number of fused-ring (bicyclic) bond motifs is 1. The molecule has 0 bridgehead atoms. The third kappa shape index (κ3) is 6.63. The lowest BCUT2D eigenvalue weighted by Crippen LogP contribution is -2.25. The van der Waals surface area contributed by atoms with Crippen molar-refractivity contribution in [1.82, 2.24) is 14.3 Å². The van der Waals surface area contributed by atoms with Crippen LogP contribution in [0.4, 0.5) is 0 Å². The molecule has 0 radical (unpaired) electrons. The maximum Gasteiger partial charge on any atom is 0.305 e. The Morgan fingerprint density at radius 3 is 2.67 bits per heavy atom. The summed E-state index contributed by atoms with van der Waals surface area (Å²) in [5.74, 6) is -0.182. The molecule has 0 aliphatic rings. The Balaban J connectivity index is 1.47. The lowest BCUT2D eigenvalue weighted by atomic mass is 10.1. The lowest BCUT2D eigenvalue weighted by molar-refractivity contribution is -0.137. The van der Waals surface area contributed by atoms with Gasteiger partial charge < -0.3 is 14.4 Å². The van der Waals surface area contributed by atoms with E-state index in [1.54, 1.807) is 12.4 Å². The van der Waals surface area contributed by atoms with Crippen LogP contribution in [0.15, 0.2) is 78.1 Å². The van der Waals surface area contributed by atoms with Gasteiger partial charge in [0.25, 0.3) is 0 Å². The fourth-order valence-corrected chi connectivity index (χ4v) is 5.07. The van der Waals surface area contributed by atoms with Gasteiger partial charge in [-0.2, -0.15) is 0 Å². The molecule has 0 aliphatic heterocycles. The van der Waals surface area contributed by atoms with Crippen LogP contribution in [-0.4, -0.2) is 35.6 Å². The Kier molecular flexibility index (Phi) is 8.25. The minimum atomic E-state index is -3.63. The predicted molar refractivity (Wildman–Crippen MR) is 138 cm³/mol. The van der Waals surface area contributed by atoms with Gasteiger partial charge in [-0.25, -0.2) is 13.1 Å². The first-order chi connectivity index (χ1) is 17.3. The van der Waals surface area contributed by atoms with Crippen molar-refractivity contribution in [2.45, 2.75) is 37.3 Å². The van der Waals surface area contributed by atoms with Crippen molar-refractivity contribution in [2.75, 3.05) is 6.54 Å². The summed E-state index contributed by atoms with van der Waals surface area (Å²) in [6.45, 7) is 0.968. The van der Waals surface area contributed by atoms with E-state index in [1.165, 1.54) is 24.3 Å². The number of aromatic nitrogens is 2. The van der Waals surface area contributed by atoms with E-state index in [0.717, 1.165) is 22.0 Å². The number of hydrogen-bond acceptors (Lipinski definition) is 5. The van der Waals surface area contributed by atoms with Crippen LogP contribution in [0.1, 0.15) is 24.0 Å². The number of halogens is 1. The zero-order chi connectivity index (χ0) is 25.5. The summed E-state index contributed by atoms with van der Waals surface area (Å²) in [5.41, 5.74) is 2.85. The van der Waals surface area contributed by atoms with Crippen LogP contribution in [-0.2, 0) is 34.4 Å². The van der Waals surface area contributed by atoms with Crippen molar-refractivity contribution in [3.63, 3.8) is 0 Å². The topological polar surface area (TPSA) is 111 Å². The fourth-order valence-electron chi connectivity index (χ4n) is 3.87. The molecule has 2 N–H and O–H groups in total. The second kappa shape index (κ2) is 11.6. The van der Waals surface area contributed by atoms with Gasteiger partial charge in [0.2, 0.25) is 10.0 Å². The molecule has 0 amide bonds. The van der Waals surface area contributed by atoms with Crippen LogP contribution in [0.2, 0.25) is 5.02 Å². The summed E-state index contributed by atoms with van der Waals surface area (Å²) in [6.07, 6.45) is 6.56. The Morgan fingerprint density at radius 2 is 1.94 bits per heavy atom. The lowest BCUT2D eigenvalue weighted by Gasteiger charge is -2.08.